The highest BCUT2D eigenvalue weighted by Crippen LogP contribution is 2.47. The van der Waals surface area contributed by atoms with E-state index in [0.717, 1.165) is 11.1 Å². The largest absolute Gasteiger partial charge is 0.457 e. The smallest absolute Gasteiger partial charge is 0.306 e. The molecule has 1 fully saturated rings. The van der Waals surface area contributed by atoms with Crippen LogP contribution in [0.25, 0.3) is 0 Å². The number of carbonyl (C=O) groups is 1. The van der Waals surface area contributed by atoms with Gasteiger partial charge in [-0.3, -0.25) is 14.9 Å². The van der Waals surface area contributed by atoms with E-state index in [1.807, 2.05) is 6.07 Å². The molecule has 82 valence electrons. The minimum Gasteiger partial charge on any atom is -0.457 e. The molecule has 1 saturated heterocycles. The Balaban J connectivity index is 2.09. The van der Waals surface area contributed by atoms with E-state index in [1.165, 1.54) is 6.07 Å². The highest BCUT2D eigenvalue weighted by atomic mass is 16.6. The zero-order chi connectivity index (χ0) is 11.3. The van der Waals surface area contributed by atoms with E-state index < -0.39 is 0 Å². The summed E-state index contributed by atoms with van der Waals surface area (Å²) in [5.74, 6) is -0.115. The number of rotatable bonds is 1. The number of esters is 1. The Labute approximate surface area is 91.2 Å². The molecule has 1 aromatic rings. The number of nitrogens with zero attached hydrogens (tertiary/aromatic N) is 1. The molecular formula is C11H9NO4. The number of fused-ring (bicyclic) bond motifs is 3. The molecule has 1 heterocycles. The van der Waals surface area contributed by atoms with Gasteiger partial charge in [0.2, 0.25) is 0 Å². The third-order valence-corrected chi connectivity index (χ3v) is 3.27. The topological polar surface area (TPSA) is 69.4 Å². The van der Waals surface area contributed by atoms with Gasteiger partial charge in [-0.15, -0.1) is 0 Å². The standard InChI is InChI=1S/C11H9NO4/c13-10-5-6-4-8-7(11(6)16-10)2-1-3-9(8)12(14)15/h1-3,6,11H,4-5H2/t6-,11+/m1/s1. The maximum atomic E-state index is 11.1. The fourth-order valence-corrected chi connectivity index (χ4v) is 2.62. The van der Waals surface area contributed by atoms with Gasteiger partial charge in [-0.2, -0.15) is 0 Å². The number of hydrogen-bond donors (Lipinski definition) is 0. The van der Waals surface area contributed by atoms with Crippen LogP contribution in [0, 0.1) is 16.0 Å². The van der Waals surface area contributed by atoms with E-state index in [9.17, 15) is 14.9 Å². The fraction of sp³-hybridized carbons (Fsp3) is 0.364. The molecule has 0 saturated carbocycles. The monoisotopic (exact) mass is 219 g/mol. The summed E-state index contributed by atoms with van der Waals surface area (Å²) in [6, 6.07) is 4.96. The van der Waals surface area contributed by atoms with Crippen LogP contribution < -0.4 is 0 Å². The molecular weight excluding hydrogens is 210 g/mol. The molecule has 0 N–H and O–H groups in total. The van der Waals surface area contributed by atoms with Gasteiger partial charge in [0.1, 0.15) is 6.10 Å². The van der Waals surface area contributed by atoms with E-state index in [2.05, 4.69) is 0 Å². The van der Waals surface area contributed by atoms with Crippen molar-refractivity contribution >= 4 is 11.7 Å². The van der Waals surface area contributed by atoms with E-state index in [1.54, 1.807) is 6.07 Å². The van der Waals surface area contributed by atoms with Crippen molar-refractivity contribution in [1.29, 1.82) is 0 Å². The van der Waals surface area contributed by atoms with Crippen molar-refractivity contribution in [3.05, 3.63) is 39.4 Å². The quantitative estimate of drug-likeness (QED) is 0.410. The minimum atomic E-state index is -0.373. The number of carbonyl (C=O) groups excluding carboxylic acids is 1. The number of ether oxygens (including phenoxy) is 1. The Morgan fingerprint density at radius 2 is 2.19 bits per heavy atom. The Morgan fingerprint density at radius 3 is 2.94 bits per heavy atom. The molecule has 0 aromatic heterocycles. The van der Waals surface area contributed by atoms with Crippen LogP contribution in [0.5, 0.6) is 0 Å². The lowest BCUT2D eigenvalue weighted by atomic mass is 10.0. The zero-order valence-electron chi connectivity index (χ0n) is 8.38. The average Bonchev–Trinajstić information content (AvgIpc) is 2.72. The van der Waals surface area contributed by atoms with Crippen LogP contribution in [0.2, 0.25) is 0 Å². The summed E-state index contributed by atoms with van der Waals surface area (Å²) in [5, 5.41) is 10.8. The lowest BCUT2D eigenvalue weighted by molar-refractivity contribution is -0.385. The molecule has 0 spiro atoms. The Kier molecular flexibility index (Phi) is 1.77. The van der Waals surface area contributed by atoms with Crippen LogP contribution >= 0.6 is 0 Å². The molecule has 5 heteroatoms. The molecule has 1 aromatic carbocycles. The molecule has 2 aliphatic rings. The molecule has 0 radical (unpaired) electrons. The molecule has 1 aliphatic heterocycles. The second kappa shape index (κ2) is 3.04. The summed E-state index contributed by atoms with van der Waals surface area (Å²) in [7, 11) is 0. The van der Waals surface area contributed by atoms with Crippen LogP contribution in [0.1, 0.15) is 23.7 Å². The SMILES string of the molecule is O=C1C[C@H]2Cc3c(cccc3[N+](=O)[O-])[C@H]2O1. The minimum absolute atomic E-state index is 0.0867. The first-order chi connectivity index (χ1) is 7.66. The number of benzene rings is 1. The predicted molar refractivity (Wildman–Crippen MR) is 53.7 cm³/mol. The number of nitro benzene ring substituents is 1. The molecule has 0 unspecified atom stereocenters. The third kappa shape index (κ3) is 1.14. The van der Waals surface area contributed by atoms with Crippen molar-refractivity contribution in [2.75, 3.05) is 0 Å². The molecule has 5 nitrogen and oxygen atoms in total. The summed E-state index contributed by atoms with van der Waals surface area (Å²) in [5.41, 5.74) is 1.68. The molecule has 16 heavy (non-hydrogen) atoms. The highest BCUT2D eigenvalue weighted by Gasteiger charge is 2.44. The maximum Gasteiger partial charge on any atom is 0.306 e. The summed E-state index contributed by atoms with van der Waals surface area (Å²) < 4.78 is 5.18. The van der Waals surface area contributed by atoms with Gasteiger partial charge in [0.05, 0.1) is 11.3 Å². The summed E-state index contributed by atoms with van der Waals surface area (Å²) >= 11 is 0. The molecule has 3 rings (SSSR count). The van der Waals surface area contributed by atoms with E-state index in [-0.39, 0.29) is 28.6 Å². The second-order valence-corrected chi connectivity index (χ2v) is 4.18. The first-order valence-corrected chi connectivity index (χ1v) is 5.12. The number of hydrogen-bond acceptors (Lipinski definition) is 4. The lowest BCUT2D eigenvalue weighted by Crippen LogP contribution is -2.00. The van der Waals surface area contributed by atoms with Gasteiger partial charge in [-0.05, 0) is 6.42 Å². The molecule has 0 bridgehead atoms. The maximum absolute atomic E-state index is 11.1. The van der Waals surface area contributed by atoms with Crippen LogP contribution in [-0.2, 0) is 16.0 Å². The lowest BCUT2D eigenvalue weighted by Gasteiger charge is -2.07. The van der Waals surface area contributed by atoms with Gasteiger partial charge in [0, 0.05) is 23.1 Å². The van der Waals surface area contributed by atoms with E-state index in [0.29, 0.717) is 12.8 Å². The van der Waals surface area contributed by atoms with Gasteiger partial charge < -0.3 is 4.74 Å². The van der Waals surface area contributed by atoms with Crippen molar-refractivity contribution in [3.63, 3.8) is 0 Å². The molecule has 1 aliphatic carbocycles. The first kappa shape index (κ1) is 9.33. The van der Waals surface area contributed by atoms with Gasteiger partial charge in [0.25, 0.3) is 5.69 Å². The Morgan fingerprint density at radius 1 is 1.38 bits per heavy atom. The van der Waals surface area contributed by atoms with Crippen molar-refractivity contribution in [3.8, 4) is 0 Å². The van der Waals surface area contributed by atoms with Gasteiger partial charge >= 0.3 is 5.97 Å². The third-order valence-electron chi connectivity index (χ3n) is 3.27. The average molecular weight is 219 g/mol. The van der Waals surface area contributed by atoms with E-state index in [4.69, 9.17) is 4.74 Å². The van der Waals surface area contributed by atoms with Crippen LogP contribution in [0.3, 0.4) is 0 Å². The van der Waals surface area contributed by atoms with Gasteiger partial charge in [-0.25, -0.2) is 0 Å². The van der Waals surface area contributed by atoms with Crippen LogP contribution in [0.4, 0.5) is 5.69 Å². The van der Waals surface area contributed by atoms with Crippen molar-refractivity contribution in [1.82, 2.24) is 0 Å². The Bertz CT molecular complexity index is 497. The molecule has 0 amide bonds. The Hall–Kier alpha value is -1.91. The van der Waals surface area contributed by atoms with Crippen molar-refractivity contribution in [2.45, 2.75) is 18.9 Å². The predicted octanol–water partition coefficient (Wildman–Crippen LogP) is 1.76. The van der Waals surface area contributed by atoms with E-state index >= 15 is 0 Å². The van der Waals surface area contributed by atoms with Crippen LogP contribution in [0.15, 0.2) is 18.2 Å². The van der Waals surface area contributed by atoms with Crippen molar-refractivity contribution < 1.29 is 14.5 Å². The van der Waals surface area contributed by atoms with Crippen molar-refractivity contribution in [2.24, 2.45) is 5.92 Å². The summed E-state index contributed by atoms with van der Waals surface area (Å²) in [6.07, 6.45) is 0.682. The summed E-state index contributed by atoms with van der Waals surface area (Å²) in [6.45, 7) is 0. The fourth-order valence-electron chi connectivity index (χ4n) is 2.62. The first-order valence-electron chi connectivity index (χ1n) is 5.12. The number of nitro groups is 1. The summed E-state index contributed by atoms with van der Waals surface area (Å²) in [4.78, 5) is 21.6. The second-order valence-electron chi connectivity index (χ2n) is 4.18. The van der Waals surface area contributed by atoms with Gasteiger partial charge in [-0.1, -0.05) is 12.1 Å². The highest BCUT2D eigenvalue weighted by molar-refractivity contribution is 5.73. The van der Waals surface area contributed by atoms with Gasteiger partial charge in [0.15, 0.2) is 0 Å². The van der Waals surface area contributed by atoms with Crippen LogP contribution in [-0.4, -0.2) is 10.9 Å². The normalized spacial score (nSPS) is 26.1. The zero-order valence-corrected chi connectivity index (χ0v) is 8.38. The molecule has 2 atom stereocenters.